The lowest BCUT2D eigenvalue weighted by Gasteiger charge is -2.09. The molecular formula is C25H19BrN2O8. The van der Waals surface area contributed by atoms with Gasteiger partial charge in [-0.2, -0.15) is 0 Å². The number of hydrogen-bond donors (Lipinski definition) is 0. The van der Waals surface area contributed by atoms with Gasteiger partial charge in [0.25, 0.3) is 11.4 Å². The maximum Gasteiger partial charge on any atom is 0.336 e. The van der Waals surface area contributed by atoms with Gasteiger partial charge in [-0.15, -0.1) is 0 Å². The van der Waals surface area contributed by atoms with Crippen molar-refractivity contribution >= 4 is 51.5 Å². The first kappa shape index (κ1) is 26.1. The second-order valence-electron chi connectivity index (χ2n) is 7.15. The number of carbonyl (C=O) groups is 1. The van der Waals surface area contributed by atoms with Crippen LogP contribution in [0.25, 0.3) is 18.2 Å². The summed E-state index contributed by atoms with van der Waals surface area (Å²) >= 11 is 3.38. The van der Waals surface area contributed by atoms with E-state index in [-0.39, 0.29) is 22.7 Å². The fraction of sp³-hybridized carbons (Fsp3) is 0.0800. The predicted molar refractivity (Wildman–Crippen MR) is 137 cm³/mol. The molecule has 3 aromatic rings. The topological polar surface area (TPSA) is 131 Å². The number of hydrogen-bond acceptors (Lipinski definition) is 8. The molecule has 0 fully saturated rings. The molecule has 0 saturated carbocycles. The first-order valence-electron chi connectivity index (χ1n) is 10.2. The zero-order chi connectivity index (χ0) is 26.2. The van der Waals surface area contributed by atoms with Crippen LogP contribution in [0.3, 0.4) is 0 Å². The largest absolute Gasteiger partial charge is 0.496 e. The Hall–Kier alpha value is -4.51. The molecule has 184 valence electrons. The molecule has 3 aromatic carbocycles. The average molecular weight is 555 g/mol. The fourth-order valence-electron chi connectivity index (χ4n) is 3.10. The number of non-ortho nitro benzene ring substituents is 1. The third-order valence-electron chi connectivity index (χ3n) is 4.86. The maximum atomic E-state index is 12.3. The van der Waals surface area contributed by atoms with E-state index >= 15 is 0 Å². The lowest BCUT2D eigenvalue weighted by Crippen LogP contribution is -2.05. The van der Waals surface area contributed by atoms with Gasteiger partial charge in [0.05, 0.1) is 40.2 Å². The van der Waals surface area contributed by atoms with Gasteiger partial charge >= 0.3 is 5.97 Å². The van der Waals surface area contributed by atoms with Crippen molar-refractivity contribution in [1.82, 2.24) is 0 Å². The number of nitrogens with zero attached hydrogens (tertiary/aromatic N) is 2. The van der Waals surface area contributed by atoms with Gasteiger partial charge in [0.1, 0.15) is 5.75 Å². The van der Waals surface area contributed by atoms with Gasteiger partial charge in [0.2, 0.25) is 0 Å². The first-order valence-corrected chi connectivity index (χ1v) is 11.0. The van der Waals surface area contributed by atoms with Gasteiger partial charge in [-0.25, -0.2) is 4.79 Å². The molecule has 0 unspecified atom stereocenters. The van der Waals surface area contributed by atoms with Crippen molar-refractivity contribution in [3.05, 3.63) is 102 Å². The third-order valence-corrected chi connectivity index (χ3v) is 5.48. The molecule has 0 aromatic heterocycles. The highest BCUT2D eigenvalue weighted by Crippen LogP contribution is 2.31. The summed E-state index contributed by atoms with van der Waals surface area (Å²) in [4.78, 5) is 33.1. The van der Waals surface area contributed by atoms with Gasteiger partial charge in [0.15, 0.2) is 11.5 Å². The summed E-state index contributed by atoms with van der Waals surface area (Å²) in [6.07, 6.45) is 5.89. The van der Waals surface area contributed by atoms with E-state index in [1.807, 2.05) is 0 Å². The molecule has 0 spiro atoms. The summed E-state index contributed by atoms with van der Waals surface area (Å²) in [6, 6.07) is 13.5. The van der Waals surface area contributed by atoms with Crippen LogP contribution >= 0.6 is 15.9 Å². The highest BCUT2D eigenvalue weighted by Gasteiger charge is 2.18. The van der Waals surface area contributed by atoms with Crippen LogP contribution in [-0.4, -0.2) is 30.0 Å². The monoisotopic (exact) mass is 554 g/mol. The van der Waals surface area contributed by atoms with Crippen LogP contribution in [0.4, 0.5) is 11.4 Å². The second kappa shape index (κ2) is 11.8. The molecule has 10 nitrogen and oxygen atoms in total. The van der Waals surface area contributed by atoms with Crippen LogP contribution < -0.4 is 14.2 Å². The van der Waals surface area contributed by atoms with Gasteiger partial charge in [0, 0.05) is 12.1 Å². The van der Waals surface area contributed by atoms with Crippen LogP contribution in [-0.2, 0) is 4.79 Å². The van der Waals surface area contributed by atoms with Crippen molar-refractivity contribution < 1.29 is 28.9 Å². The van der Waals surface area contributed by atoms with E-state index < -0.39 is 21.5 Å². The Morgan fingerprint density at radius 3 is 2.08 bits per heavy atom. The Morgan fingerprint density at radius 1 is 0.806 bits per heavy atom. The second-order valence-corrected chi connectivity index (χ2v) is 8.00. The smallest absolute Gasteiger partial charge is 0.336 e. The number of methoxy groups -OCH3 is 2. The highest BCUT2D eigenvalue weighted by molar-refractivity contribution is 9.10. The van der Waals surface area contributed by atoms with Crippen molar-refractivity contribution in [2.45, 2.75) is 0 Å². The molecule has 0 saturated heterocycles. The van der Waals surface area contributed by atoms with Crippen LogP contribution in [0.2, 0.25) is 0 Å². The lowest BCUT2D eigenvalue weighted by molar-refractivity contribution is -0.394. The summed E-state index contributed by atoms with van der Waals surface area (Å²) < 4.78 is 16.6. The minimum absolute atomic E-state index is 0.182. The van der Waals surface area contributed by atoms with Crippen LogP contribution in [0.1, 0.15) is 16.7 Å². The van der Waals surface area contributed by atoms with Crippen molar-refractivity contribution in [2.24, 2.45) is 0 Å². The molecule has 36 heavy (non-hydrogen) atoms. The maximum absolute atomic E-state index is 12.3. The Kier molecular flexibility index (Phi) is 8.52. The number of carbonyl (C=O) groups excluding carboxylic acids is 1. The summed E-state index contributed by atoms with van der Waals surface area (Å²) in [5.41, 5.74) is 0.773. The molecule has 0 radical (unpaired) electrons. The molecule has 0 aliphatic rings. The number of nitro groups is 2. The summed E-state index contributed by atoms with van der Waals surface area (Å²) in [7, 11) is 2.97. The Balaban J connectivity index is 1.76. The molecular weight excluding hydrogens is 536 g/mol. The van der Waals surface area contributed by atoms with E-state index in [2.05, 4.69) is 15.9 Å². The Bertz CT molecular complexity index is 1380. The van der Waals surface area contributed by atoms with Gasteiger partial charge in [-0.05, 0) is 69.5 Å². The normalized spacial score (nSPS) is 11.0. The zero-order valence-corrected chi connectivity index (χ0v) is 20.6. The number of halogens is 1. The molecule has 11 heteroatoms. The van der Waals surface area contributed by atoms with Crippen molar-refractivity contribution in [1.29, 1.82) is 0 Å². The summed E-state index contributed by atoms with van der Waals surface area (Å²) in [6.45, 7) is 0. The Labute approximate surface area is 213 Å². The highest BCUT2D eigenvalue weighted by atomic mass is 79.9. The van der Waals surface area contributed by atoms with Gasteiger partial charge in [-0.1, -0.05) is 18.2 Å². The third kappa shape index (κ3) is 6.54. The minimum atomic E-state index is -0.698. The quantitative estimate of drug-likeness (QED) is 0.0776. The molecule has 0 heterocycles. The standard InChI is InChI=1S/C25H19BrN2O8/c1-34-22-10-4-16(13-20(22)26)6-12-25(29)36-23-11-5-17(14-24(23)35-2)3-7-18-8-9-19(27(30)31)15-21(18)28(32)33/h3-15H,1-2H3/b7-3+,12-6+. The van der Waals surface area contributed by atoms with Gasteiger partial charge < -0.3 is 14.2 Å². The van der Waals surface area contributed by atoms with E-state index in [1.54, 1.807) is 49.6 Å². The van der Waals surface area contributed by atoms with Crippen LogP contribution in [0, 0.1) is 20.2 Å². The molecule has 0 atom stereocenters. The average Bonchev–Trinajstić information content (AvgIpc) is 2.86. The van der Waals surface area contributed by atoms with Crippen molar-refractivity contribution in [2.75, 3.05) is 14.2 Å². The number of nitro benzene ring substituents is 2. The molecule has 3 rings (SSSR count). The molecule has 0 aliphatic carbocycles. The first-order chi connectivity index (χ1) is 17.2. The fourth-order valence-corrected chi connectivity index (χ4v) is 3.65. The molecule has 0 amide bonds. The number of esters is 1. The van der Waals surface area contributed by atoms with Crippen molar-refractivity contribution in [3.63, 3.8) is 0 Å². The number of benzene rings is 3. The van der Waals surface area contributed by atoms with E-state index in [1.165, 1.54) is 37.5 Å². The van der Waals surface area contributed by atoms with E-state index in [4.69, 9.17) is 14.2 Å². The molecule has 0 bridgehead atoms. The predicted octanol–water partition coefficient (Wildman–Crippen LogP) is 6.07. The van der Waals surface area contributed by atoms with Crippen LogP contribution in [0.15, 0.2) is 65.1 Å². The number of ether oxygens (including phenoxy) is 3. The Morgan fingerprint density at radius 2 is 1.47 bits per heavy atom. The molecule has 0 aliphatic heterocycles. The SMILES string of the molecule is COc1ccc(/C=C/C(=O)Oc2ccc(/C=C/c3ccc([N+](=O)[O-])cc3[N+](=O)[O-])cc2OC)cc1Br. The lowest BCUT2D eigenvalue weighted by atomic mass is 10.1. The van der Waals surface area contributed by atoms with Crippen molar-refractivity contribution in [3.8, 4) is 17.2 Å². The van der Waals surface area contributed by atoms with Gasteiger partial charge in [-0.3, -0.25) is 20.2 Å². The van der Waals surface area contributed by atoms with E-state index in [0.29, 0.717) is 11.3 Å². The summed E-state index contributed by atoms with van der Waals surface area (Å²) in [5.74, 6) is 0.493. The summed E-state index contributed by atoms with van der Waals surface area (Å²) in [5, 5.41) is 22.2. The van der Waals surface area contributed by atoms with E-state index in [0.717, 1.165) is 16.1 Å². The van der Waals surface area contributed by atoms with Crippen LogP contribution in [0.5, 0.6) is 17.2 Å². The minimum Gasteiger partial charge on any atom is -0.496 e. The zero-order valence-electron chi connectivity index (χ0n) is 19.0. The van der Waals surface area contributed by atoms with E-state index in [9.17, 15) is 25.0 Å². The molecule has 0 N–H and O–H groups in total. The number of rotatable bonds is 9.